The molecule has 2 atom stereocenters. The van der Waals surface area contributed by atoms with Crippen LogP contribution < -0.4 is 14.8 Å². The molecule has 6 nitrogen and oxygen atoms in total. The van der Waals surface area contributed by atoms with Crippen LogP contribution in [0.15, 0.2) is 84.7 Å². The van der Waals surface area contributed by atoms with Crippen molar-refractivity contribution in [1.82, 2.24) is 14.8 Å². The molecule has 0 fully saturated rings. The van der Waals surface area contributed by atoms with Gasteiger partial charge in [-0.2, -0.15) is 10.1 Å². The van der Waals surface area contributed by atoms with Crippen molar-refractivity contribution in [2.75, 3.05) is 12.4 Å². The fourth-order valence-corrected chi connectivity index (χ4v) is 4.46. The molecule has 0 saturated heterocycles. The van der Waals surface area contributed by atoms with Gasteiger partial charge >= 0.3 is 0 Å². The van der Waals surface area contributed by atoms with Crippen LogP contribution >= 0.6 is 0 Å². The number of nitrogens with zero attached hydrogens (tertiary/aromatic N) is 3. The summed E-state index contributed by atoms with van der Waals surface area (Å²) in [6, 6.07) is 21.9. The summed E-state index contributed by atoms with van der Waals surface area (Å²) in [4.78, 5) is 4.43. The van der Waals surface area contributed by atoms with Gasteiger partial charge in [-0.1, -0.05) is 36.4 Å². The van der Waals surface area contributed by atoms with Gasteiger partial charge < -0.3 is 14.8 Å². The van der Waals surface area contributed by atoms with Gasteiger partial charge in [-0.15, -0.1) is 0 Å². The maximum Gasteiger partial charge on any atom is 0.226 e. The second kappa shape index (κ2) is 7.23. The molecule has 32 heavy (non-hydrogen) atoms. The Morgan fingerprint density at radius 3 is 2.69 bits per heavy atom. The number of fused-ring (bicyclic) bond motifs is 3. The molecule has 4 aromatic rings. The van der Waals surface area contributed by atoms with Crippen LogP contribution in [-0.2, 0) is 0 Å². The number of anilines is 1. The summed E-state index contributed by atoms with van der Waals surface area (Å²) in [6.07, 6.45) is 1.09. The Bertz CT molecular complexity index is 1350. The Labute approximate surface area is 183 Å². The molecule has 2 aliphatic rings. The number of rotatable bonds is 3. The van der Waals surface area contributed by atoms with E-state index in [1.54, 1.807) is 19.2 Å². The minimum Gasteiger partial charge on any atom is -0.497 e. The molecule has 0 aliphatic carbocycles. The average Bonchev–Trinajstić information content (AvgIpc) is 3.31. The van der Waals surface area contributed by atoms with Crippen LogP contribution in [0.3, 0.4) is 0 Å². The predicted octanol–water partition coefficient (Wildman–Crippen LogP) is 4.99. The Morgan fingerprint density at radius 1 is 1.00 bits per heavy atom. The van der Waals surface area contributed by atoms with E-state index in [0.717, 1.165) is 39.5 Å². The molecule has 6 rings (SSSR count). The van der Waals surface area contributed by atoms with Crippen molar-refractivity contribution in [3.05, 3.63) is 107 Å². The van der Waals surface area contributed by atoms with Crippen LogP contribution in [0.5, 0.6) is 11.5 Å². The Balaban J connectivity index is 1.62. The second-order valence-electron chi connectivity index (χ2n) is 7.71. The number of aromatic nitrogens is 3. The van der Waals surface area contributed by atoms with Crippen molar-refractivity contribution in [3.63, 3.8) is 0 Å². The SMILES string of the molecule is COc1cccc([C@@H]2C3=C(Nc4ncnn42)c2ccccc2O[C@H]3c2ccc(F)cc2)c1. The largest absolute Gasteiger partial charge is 0.497 e. The quantitative estimate of drug-likeness (QED) is 0.500. The third-order valence-electron chi connectivity index (χ3n) is 5.90. The summed E-state index contributed by atoms with van der Waals surface area (Å²) in [7, 11) is 1.65. The molecular weight excluding hydrogens is 407 g/mol. The summed E-state index contributed by atoms with van der Waals surface area (Å²) in [5, 5.41) is 7.97. The number of methoxy groups -OCH3 is 1. The van der Waals surface area contributed by atoms with Crippen molar-refractivity contribution in [2.45, 2.75) is 12.1 Å². The van der Waals surface area contributed by atoms with Gasteiger partial charge in [0, 0.05) is 11.1 Å². The van der Waals surface area contributed by atoms with Crippen molar-refractivity contribution >= 4 is 11.6 Å². The zero-order valence-corrected chi connectivity index (χ0v) is 17.2. The molecule has 3 heterocycles. The van der Waals surface area contributed by atoms with Gasteiger partial charge in [-0.05, 0) is 47.5 Å². The molecule has 2 aliphatic heterocycles. The molecule has 1 aromatic heterocycles. The van der Waals surface area contributed by atoms with Gasteiger partial charge in [-0.25, -0.2) is 9.07 Å². The molecule has 0 saturated carbocycles. The van der Waals surface area contributed by atoms with E-state index in [2.05, 4.69) is 15.4 Å². The van der Waals surface area contributed by atoms with Crippen LogP contribution in [0, 0.1) is 5.82 Å². The first-order valence-electron chi connectivity index (χ1n) is 10.3. The summed E-state index contributed by atoms with van der Waals surface area (Å²) in [5.74, 6) is 1.86. The molecule has 0 amide bonds. The third kappa shape index (κ3) is 2.85. The van der Waals surface area contributed by atoms with Crippen molar-refractivity contribution in [2.24, 2.45) is 0 Å². The average molecular weight is 426 g/mol. The minimum atomic E-state index is -0.443. The highest BCUT2D eigenvalue weighted by Gasteiger charge is 2.40. The molecule has 0 radical (unpaired) electrons. The maximum atomic E-state index is 13.7. The van der Waals surface area contributed by atoms with Crippen LogP contribution in [0.1, 0.15) is 28.8 Å². The van der Waals surface area contributed by atoms with E-state index in [9.17, 15) is 4.39 Å². The Kier molecular flexibility index (Phi) is 4.21. The van der Waals surface area contributed by atoms with Gasteiger partial charge in [0.15, 0.2) is 0 Å². The number of nitrogens with one attached hydrogen (secondary N) is 1. The number of ether oxygens (including phenoxy) is 2. The Morgan fingerprint density at radius 2 is 1.84 bits per heavy atom. The number of benzene rings is 3. The maximum absolute atomic E-state index is 13.7. The highest BCUT2D eigenvalue weighted by Crippen LogP contribution is 2.50. The first kappa shape index (κ1) is 18.6. The molecule has 0 unspecified atom stereocenters. The van der Waals surface area contributed by atoms with Crippen molar-refractivity contribution < 1.29 is 13.9 Å². The lowest BCUT2D eigenvalue weighted by Gasteiger charge is -2.39. The second-order valence-corrected chi connectivity index (χ2v) is 7.71. The fraction of sp³-hybridized carbons (Fsp3) is 0.120. The highest BCUT2D eigenvalue weighted by atomic mass is 19.1. The normalized spacial score (nSPS) is 18.7. The van der Waals surface area contributed by atoms with Crippen LogP contribution in [0.4, 0.5) is 10.3 Å². The van der Waals surface area contributed by atoms with E-state index in [1.165, 1.54) is 18.5 Å². The molecule has 0 spiro atoms. The van der Waals surface area contributed by atoms with E-state index in [4.69, 9.17) is 9.47 Å². The first-order valence-corrected chi connectivity index (χ1v) is 10.3. The predicted molar refractivity (Wildman–Crippen MR) is 118 cm³/mol. The molecule has 0 bridgehead atoms. The fourth-order valence-electron chi connectivity index (χ4n) is 4.46. The number of para-hydroxylation sites is 1. The van der Waals surface area contributed by atoms with Gasteiger partial charge in [0.25, 0.3) is 0 Å². The van der Waals surface area contributed by atoms with Crippen LogP contribution in [0.2, 0.25) is 0 Å². The van der Waals surface area contributed by atoms with Gasteiger partial charge in [0.2, 0.25) is 5.95 Å². The molecule has 158 valence electrons. The number of hydrogen-bond acceptors (Lipinski definition) is 5. The summed E-state index contributed by atoms with van der Waals surface area (Å²) in [6.45, 7) is 0. The zero-order valence-electron chi connectivity index (χ0n) is 17.2. The van der Waals surface area contributed by atoms with E-state index in [-0.39, 0.29) is 11.9 Å². The smallest absolute Gasteiger partial charge is 0.226 e. The first-order chi connectivity index (χ1) is 15.7. The highest BCUT2D eigenvalue weighted by molar-refractivity contribution is 5.85. The minimum absolute atomic E-state index is 0.288. The van der Waals surface area contributed by atoms with E-state index >= 15 is 0 Å². The summed E-state index contributed by atoms with van der Waals surface area (Å²) < 4.78 is 27.5. The molecule has 7 heteroatoms. The van der Waals surface area contributed by atoms with Gasteiger partial charge in [-0.3, -0.25) is 0 Å². The molecule has 1 N–H and O–H groups in total. The lowest BCUT2D eigenvalue weighted by atomic mass is 9.84. The Hall–Kier alpha value is -4.13. The van der Waals surface area contributed by atoms with E-state index < -0.39 is 6.10 Å². The van der Waals surface area contributed by atoms with Gasteiger partial charge in [0.1, 0.15) is 35.8 Å². The summed E-state index contributed by atoms with van der Waals surface area (Å²) in [5.41, 5.74) is 4.69. The van der Waals surface area contributed by atoms with E-state index in [0.29, 0.717) is 5.95 Å². The monoisotopic (exact) mass is 426 g/mol. The third-order valence-corrected chi connectivity index (χ3v) is 5.90. The molecular formula is C25H19FN4O2. The van der Waals surface area contributed by atoms with Crippen molar-refractivity contribution in [1.29, 1.82) is 0 Å². The standard InChI is InChI=1S/C25H19FN4O2/c1-31-18-6-4-5-16(13-18)23-21-22(29-25-27-14-28-30(23)25)19-7-2-3-8-20(19)32-24(21)15-9-11-17(26)12-10-15/h2-14,23-24H,1H3,(H,27,28,29)/t23-,24+/m1/s1. The van der Waals surface area contributed by atoms with Crippen molar-refractivity contribution in [3.8, 4) is 11.5 Å². The zero-order chi connectivity index (χ0) is 21.7. The van der Waals surface area contributed by atoms with Gasteiger partial charge in [0.05, 0.1) is 12.8 Å². The number of halogens is 1. The summed E-state index contributed by atoms with van der Waals surface area (Å²) >= 11 is 0. The van der Waals surface area contributed by atoms with E-state index in [1.807, 2.05) is 53.2 Å². The van der Waals surface area contributed by atoms with Crippen LogP contribution in [0.25, 0.3) is 5.70 Å². The molecule has 3 aromatic carbocycles. The number of hydrogen-bond donors (Lipinski definition) is 1. The van der Waals surface area contributed by atoms with Crippen LogP contribution in [-0.4, -0.2) is 21.9 Å². The topological polar surface area (TPSA) is 61.2 Å². The lowest BCUT2D eigenvalue weighted by Crippen LogP contribution is -2.32. The lowest BCUT2D eigenvalue weighted by molar-refractivity contribution is 0.223.